The first-order chi connectivity index (χ1) is 29.8. The molecule has 8 N–H and O–H groups in total. The van der Waals surface area contributed by atoms with Crippen molar-refractivity contribution in [2.75, 3.05) is 0 Å². The van der Waals surface area contributed by atoms with Gasteiger partial charge in [-0.3, -0.25) is 24.4 Å². The zero-order valence-electron chi connectivity index (χ0n) is 32.9. The molecule has 0 bridgehead atoms. The van der Waals surface area contributed by atoms with Crippen LogP contribution in [0.1, 0.15) is 48.2 Å². The van der Waals surface area contributed by atoms with Crippen LogP contribution in [0.2, 0.25) is 0 Å². The van der Waals surface area contributed by atoms with E-state index in [4.69, 9.17) is 27.7 Å². The zero-order valence-corrected chi connectivity index (χ0v) is 32.9. The zero-order chi connectivity index (χ0) is 44.2. The number of rotatable bonds is 6. The molecule has 0 atom stereocenters. The Kier molecular flexibility index (Phi) is 11.3. The fourth-order valence-electron chi connectivity index (χ4n) is 7.24. The SMILES string of the molecule is Cc1c(C(N)=O)n(C)c2c(-c3ccncc3)cc(F)cc12.N#Cc1cc(-c2ccc(F)nc2)c2[nH]c(C(N)=O)cc2c1.N#Cc1cc(-c2ccncc2)c2[nH]c(C(N)=O)cc2c1. The number of carbonyl (C=O) groups is 3. The summed E-state index contributed by atoms with van der Waals surface area (Å²) in [6.45, 7) is 1.78. The summed E-state index contributed by atoms with van der Waals surface area (Å²) in [6, 6.07) is 27.2. The Morgan fingerprint density at radius 2 is 1.15 bits per heavy atom. The summed E-state index contributed by atoms with van der Waals surface area (Å²) in [5.74, 6) is -2.57. The van der Waals surface area contributed by atoms with Crippen LogP contribution in [0.15, 0.2) is 116 Å². The number of halogens is 2. The standard InChI is InChI=1S/C16H14FN3O.C15H9FN4O.C15H10N4O/c1-9-12-7-11(17)8-13(10-3-5-19-6-4-10)15(12)20(2)14(9)16(18)21;16-13-2-1-9(7-19-13)11-4-8(6-17)3-10-5-12(15(18)21)20-14(10)11;16-8-9-5-11-7-13(15(17)20)19-14(11)12(6-9)10-1-3-18-4-2-10/h3-8H,1-2H3,(H2,18,21);1-5,7,20H,(H2,18,21);1-7,19H,(H2,17,20). The maximum absolute atomic E-state index is 14.0. The highest BCUT2D eigenvalue weighted by Crippen LogP contribution is 2.35. The Balaban J connectivity index is 0.000000140. The van der Waals surface area contributed by atoms with Gasteiger partial charge in [-0.15, -0.1) is 0 Å². The summed E-state index contributed by atoms with van der Waals surface area (Å²) in [6.07, 6.45) is 8.03. The number of aromatic amines is 2. The molecule has 0 aliphatic carbocycles. The lowest BCUT2D eigenvalue weighted by atomic mass is 10.0. The van der Waals surface area contributed by atoms with Crippen molar-refractivity contribution in [3.05, 3.63) is 161 Å². The van der Waals surface area contributed by atoms with E-state index in [0.29, 0.717) is 61.1 Å². The van der Waals surface area contributed by atoms with E-state index in [2.05, 4.69) is 37.1 Å². The molecule has 14 nitrogen and oxygen atoms in total. The number of aromatic nitrogens is 6. The molecule has 6 aromatic heterocycles. The van der Waals surface area contributed by atoms with Gasteiger partial charge in [0, 0.05) is 76.4 Å². The minimum atomic E-state index is -0.590. The lowest BCUT2D eigenvalue weighted by molar-refractivity contribution is 0.0985. The van der Waals surface area contributed by atoms with E-state index in [1.54, 1.807) is 97.9 Å². The lowest BCUT2D eigenvalue weighted by Crippen LogP contribution is -2.16. The monoisotopic (exact) mass is 825 g/mol. The van der Waals surface area contributed by atoms with Gasteiger partial charge in [0.2, 0.25) is 5.95 Å². The van der Waals surface area contributed by atoms with E-state index in [9.17, 15) is 23.2 Å². The van der Waals surface area contributed by atoms with Crippen molar-refractivity contribution in [3.63, 3.8) is 0 Å². The number of nitrogens with one attached hydrogen (secondary N) is 2. The van der Waals surface area contributed by atoms with Crippen LogP contribution >= 0.6 is 0 Å². The van der Waals surface area contributed by atoms with Gasteiger partial charge in [-0.2, -0.15) is 14.9 Å². The fraction of sp³-hybridized carbons (Fsp3) is 0.0435. The molecule has 3 aromatic carbocycles. The van der Waals surface area contributed by atoms with Crippen molar-refractivity contribution in [2.45, 2.75) is 6.92 Å². The van der Waals surface area contributed by atoms with Crippen molar-refractivity contribution < 1.29 is 23.2 Å². The van der Waals surface area contributed by atoms with Gasteiger partial charge in [-0.05, 0) is 109 Å². The molecule has 0 unspecified atom stereocenters. The third-order valence-electron chi connectivity index (χ3n) is 10.0. The number of amides is 3. The predicted octanol–water partition coefficient (Wildman–Crippen LogP) is 7.33. The average molecular weight is 826 g/mol. The van der Waals surface area contributed by atoms with Crippen molar-refractivity contribution in [3.8, 4) is 45.5 Å². The molecule has 3 amide bonds. The van der Waals surface area contributed by atoms with Crippen LogP contribution in [-0.4, -0.2) is 47.2 Å². The number of hydrogen-bond acceptors (Lipinski definition) is 8. The largest absolute Gasteiger partial charge is 0.364 e. The fourth-order valence-corrected chi connectivity index (χ4v) is 7.24. The summed E-state index contributed by atoms with van der Waals surface area (Å²) in [5, 5.41) is 20.4. The van der Waals surface area contributed by atoms with Crippen molar-refractivity contribution in [2.24, 2.45) is 24.2 Å². The van der Waals surface area contributed by atoms with Gasteiger partial charge >= 0.3 is 0 Å². The van der Waals surface area contributed by atoms with Gasteiger partial charge < -0.3 is 31.7 Å². The number of nitrogens with zero attached hydrogens (tertiary/aromatic N) is 6. The van der Waals surface area contributed by atoms with E-state index in [0.717, 1.165) is 33.1 Å². The van der Waals surface area contributed by atoms with Crippen LogP contribution in [0.4, 0.5) is 8.78 Å². The van der Waals surface area contributed by atoms with Gasteiger partial charge in [-0.1, -0.05) is 0 Å². The number of pyridine rings is 3. The van der Waals surface area contributed by atoms with Crippen LogP contribution in [0, 0.1) is 41.4 Å². The Labute approximate surface area is 350 Å². The number of nitriles is 2. The molecule has 62 heavy (non-hydrogen) atoms. The third kappa shape index (κ3) is 8.15. The number of fused-ring (bicyclic) bond motifs is 3. The summed E-state index contributed by atoms with van der Waals surface area (Å²) in [7, 11) is 1.76. The van der Waals surface area contributed by atoms with Gasteiger partial charge in [-0.25, -0.2) is 9.37 Å². The molecule has 304 valence electrons. The first-order valence-electron chi connectivity index (χ1n) is 18.5. The highest BCUT2D eigenvalue weighted by atomic mass is 19.1. The highest BCUT2D eigenvalue weighted by molar-refractivity contribution is 6.06. The molecule has 0 saturated carbocycles. The van der Waals surface area contributed by atoms with Gasteiger partial charge in [0.25, 0.3) is 17.7 Å². The normalized spacial score (nSPS) is 10.6. The van der Waals surface area contributed by atoms with Crippen LogP contribution < -0.4 is 17.2 Å². The molecule has 0 saturated heterocycles. The van der Waals surface area contributed by atoms with Gasteiger partial charge in [0.05, 0.1) is 39.8 Å². The maximum Gasteiger partial charge on any atom is 0.265 e. The Morgan fingerprint density at radius 1 is 0.645 bits per heavy atom. The summed E-state index contributed by atoms with van der Waals surface area (Å²) < 4.78 is 28.6. The Hall–Kier alpha value is -9.02. The van der Waals surface area contributed by atoms with Gasteiger partial charge in [0.1, 0.15) is 22.9 Å². The summed E-state index contributed by atoms with van der Waals surface area (Å²) in [5.41, 5.74) is 25.4. The first kappa shape index (κ1) is 41.2. The average Bonchev–Trinajstić information content (AvgIpc) is 3.98. The van der Waals surface area contributed by atoms with Crippen LogP contribution in [-0.2, 0) is 7.05 Å². The first-order valence-corrected chi connectivity index (χ1v) is 18.5. The summed E-state index contributed by atoms with van der Waals surface area (Å²) in [4.78, 5) is 51.7. The molecular formula is C46H33F2N11O3. The molecule has 9 rings (SSSR count). The molecule has 0 aliphatic rings. The second-order valence-corrected chi connectivity index (χ2v) is 13.9. The number of H-pyrrole nitrogens is 2. The molecule has 9 aromatic rings. The van der Waals surface area contributed by atoms with E-state index >= 15 is 0 Å². The molecule has 0 fully saturated rings. The smallest absolute Gasteiger partial charge is 0.265 e. The minimum Gasteiger partial charge on any atom is -0.364 e. The van der Waals surface area contributed by atoms with E-state index in [1.807, 2.05) is 12.1 Å². The summed E-state index contributed by atoms with van der Waals surface area (Å²) >= 11 is 0. The van der Waals surface area contributed by atoms with Crippen molar-refractivity contribution in [1.82, 2.24) is 29.5 Å². The maximum atomic E-state index is 14.0. The lowest BCUT2D eigenvalue weighted by Gasteiger charge is -2.07. The van der Waals surface area contributed by atoms with E-state index < -0.39 is 23.7 Å². The number of primary amides is 3. The Morgan fingerprint density at radius 3 is 1.60 bits per heavy atom. The Bertz CT molecular complexity index is 3290. The molecular weight excluding hydrogens is 793 g/mol. The van der Waals surface area contributed by atoms with E-state index in [-0.39, 0.29) is 11.5 Å². The van der Waals surface area contributed by atoms with Crippen molar-refractivity contribution in [1.29, 1.82) is 10.5 Å². The molecule has 16 heteroatoms. The second-order valence-electron chi connectivity index (χ2n) is 13.9. The number of nitrogens with two attached hydrogens (primary N) is 3. The molecule has 0 aliphatic heterocycles. The predicted molar refractivity (Wildman–Crippen MR) is 229 cm³/mol. The molecule has 6 heterocycles. The third-order valence-corrected chi connectivity index (χ3v) is 10.0. The number of carbonyl (C=O) groups excluding carboxylic acids is 3. The van der Waals surface area contributed by atoms with Crippen LogP contribution in [0.25, 0.3) is 66.1 Å². The number of hydrogen-bond donors (Lipinski definition) is 5. The minimum absolute atomic E-state index is 0.247. The number of benzene rings is 3. The molecule has 0 radical (unpaired) electrons. The van der Waals surface area contributed by atoms with E-state index in [1.165, 1.54) is 24.4 Å². The highest BCUT2D eigenvalue weighted by Gasteiger charge is 2.20. The van der Waals surface area contributed by atoms with Crippen LogP contribution in [0.5, 0.6) is 0 Å². The van der Waals surface area contributed by atoms with Crippen LogP contribution in [0.3, 0.4) is 0 Å². The van der Waals surface area contributed by atoms with Gasteiger partial charge in [0.15, 0.2) is 0 Å². The quantitative estimate of drug-likeness (QED) is 0.106. The second kappa shape index (κ2) is 17.1. The topological polar surface area (TPSA) is 252 Å². The molecule has 0 spiro atoms. The number of aryl methyl sites for hydroxylation is 2. The van der Waals surface area contributed by atoms with Crippen molar-refractivity contribution >= 4 is 50.4 Å².